The number of rotatable bonds is 2. The maximum atomic E-state index is 9.87. The first-order chi connectivity index (χ1) is 7.27. The van der Waals surface area contributed by atoms with Crippen LogP contribution in [-0.2, 0) is 5.41 Å². The van der Waals surface area contributed by atoms with Gasteiger partial charge in [-0.05, 0) is 47.9 Å². The Morgan fingerprint density at radius 3 is 1.88 bits per heavy atom. The molecule has 0 aromatic heterocycles. The van der Waals surface area contributed by atoms with Gasteiger partial charge in [-0.1, -0.05) is 39.8 Å². The Morgan fingerprint density at radius 1 is 1.12 bits per heavy atom. The summed E-state index contributed by atoms with van der Waals surface area (Å²) in [6.45, 7) is 13.0. The zero-order chi connectivity index (χ0) is 12.5. The van der Waals surface area contributed by atoms with Crippen molar-refractivity contribution in [1.82, 2.24) is 0 Å². The van der Waals surface area contributed by atoms with Gasteiger partial charge in [-0.2, -0.15) is 0 Å². The van der Waals surface area contributed by atoms with E-state index < -0.39 is 0 Å². The monoisotopic (exact) mass is 220 g/mol. The number of aryl methyl sites for hydroxylation is 2. The van der Waals surface area contributed by atoms with Crippen LogP contribution in [0, 0.1) is 13.8 Å². The van der Waals surface area contributed by atoms with Crippen LogP contribution in [0.3, 0.4) is 0 Å². The Kier molecular flexibility index (Phi) is 3.80. The third kappa shape index (κ3) is 2.65. The van der Waals surface area contributed by atoms with Crippen molar-refractivity contribution < 1.29 is 5.11 Å². The van der Waals surface area contributed by atoms with Gasteiger partial charge in [0.25, 0.3) is 0 Å². The molecule has 1 atom stereocenters. The molecule has 1 rings (SSSR count). The van der Waals surface area contributed by atoms with E-state index in [-0.39, 0.29) is 11.5 Å². The minimum absolute atomic E-state index is 0.170. The van der Waals surface area contributed by atoms with Gasteiger partial charge in [-0.15, -0.1) is 0 Å². The summed E-state index contributed by atoms with van der Waals surface area (Å²) in [7, 11) is 0. The lowest BCUT2D eigenvalue weighted by molar-refractivity contribution is 0.173. The van der Waals surface area contributed by atoms with Crippen molar-refractivity contribution >= 4 is 0 Å². The summed E-state index contributed by atoms with van der Waals surface area (Å²) in [5.74, 6) is 0. The zero-order valence-electron chi connectivity index (χ0n) is 11.4. The van der Waals surface area contributed by atoms with Gasteiger partial charge in [0.05, 0.1) is 6.10 Å². The van der Waals surface area contributed by atoms with Crippen molar-refractivity contribution in [3.8, 4) is 0 Å². The second kappa shape index (κ2) is 4.58. The lowest BCUT2D eigenvalue weighted by atomic mass is 9.80. The number of hydrogen-bond donors (Lipinski definition) is 1. The minimum atomic E-state index is -0.327. The highest BCUT2D eigenvalue weighted by molar-refractivity contribution is 5.42. The van der Waals surface area contributed by atoms with Crippen molar-refractivity contribution in [1.29, 1.82) is 0 Å². The van der Waals surface area contributed by atoms with E-state index in [1.165, 1.54) is 16.7 Å². The van der Waals surface area contributed by atoms with Crippen LogP contribution < -0.4 is 0 Å². The van der Waals surface area contributed by atoms with Gasteiger partial charge >= 0.3 is 0 Å². The van der Waals surface area contributed by atoms with Crippen LogP contribution in [0.2, 0.25) is 0 Å². The molecule has 1 aromatic rings. The third-order valence-electron chi connectivity index (χ3n) is 3.08. The number of aliphatic hydroxyl groups excluding tert-OH is 1. The van der Waals surface area contributed by atoms with Gasteiger partial charge in [-0.3, -0.25) is 0 Å². The Hall–Kier alpha value is -0.820. The highest BCUT2D eigenvalue weighted by Gasteiger charge is 2.20. The minimum Gasteiger partial charge on any atom is -0.388 e. The van der Waals surface area contributed by atoms with E-state index in [0.29, 0.717) is 0 Å². The van der Waals surface area contributed by atoms with Gasteiger partial charge < -0.3 is 5.11 Å². The van der Waals surface area contributed by atoms with E-state index in [1.807, 2.05) is 6.92 Å². The second-order valence-corrected chi connectivity index (χ2v) is 5.70. The molecular weight excluding hydrogens is 196 g/mol. The maximum absolute atomic E-state index is 9.87. The Bertz CT molecular complexity index is 349. The predicted molar refractivity (Wildman–Crippen MR) is 69.9 cm³/mol. The van der Waals surface area contributed by atoms with E-state index in [1.54, 1.807) is 0 Å². The van der Waals surface area contributed by atoms with E-state index in [9.17, 15) is 5.11 Å². The fourth-order valence-corrected chi connectivity index (χ4v) is 2.61. The standard InChI is InChI=1S/C15H24O/c1-7-13(16)12-8-10(2)14(11(3)9-12)15(4,5)6/h8-9,13,16H,7H2,1-6H3. The molecule has 0 aliphatic carbocycles. The molecule has 0 radical (unpaired) electrons. The van der Waals surface area contributed by atoms with E-state index >= 15 is 0 Å². The second-order valence-electron chi connectivity index (χ2n) is 5.70. The van der Waals surface area contributed by atoms with Gasteiger partial charge in [-0.25, -0.2) is 0 Å². The van der Waals surface area contributed by atoms with E-state index in [4.69, 9.17) is 0 Å². The summed E-state index contributed by atoms with van der Waals surface area (Å²) in [5.41, 5.74) is 5.19. The SMILES string of the molecule is CCC(O)c1cc(C)c(C(C)(C)C)c(C)c1. The van der Waals surface area contributed by atoms with E-state index in [0.717, 1.165) is 12.0 Å². The molecule has 0 bridgehead atoms. The first-order valence-electron chi connectivity index (χ1n) is 6.07. The molecule has 90 valence electrons. The number of aliphatic hydroxyl groups is 1. The maximum Gasteiger partial charge on any atom is 0.0787 e. The molecule has 1 unspecified atom stereocenters. The molecule has 0 aliphatic heterocycles. The van der Waals surface area contributed by atoms with Crippen LogP contribution in [0.15, 0.2) is 12.1 Å². The van der Waals surface area contributed by atoms with Gasteiger partial charge in [0, 0.05) is 0 Å². The third-order valence-corrected chi connectivity index (χ3v) is 3.08. The quantitative estimate of drug-likeness (QED) is 0.797. The molecule has 0 aliphatic rings. The molecule has 1 N–H and O–H groups in total. The molecule has 1 nitrogen and oxygen atoms in total. The molecule has 0 saturated heterocycles. The molecule has 1 aromatic carbocycles. The summed E-state index contributed by atoms with van der Waals surface area (Å²) in [6.07, 6.45) is 0.444. The smallest absolute Gasteiger partial charge is 0.0787 e. The Labute approximate surface area is 99.5 Å². The lowest BCUT2D eigenvalue weighted by Gasteiger charge is -2.25. The number of benzene rings is 1. The zero-order valence-corrected chi connectivity index (χ0v) is 11.4. The van der Waals surface area contributed by atoms with Gasteiger partial charge in [0.2, 0.25) is 0 Å². The van der Waals surface area contributed by atoms with Crippen molar-refractivity contribution in [2.45, 2.75) is 59.5 Å². The predicted octanol–water partition coefficient (Wildman–Crippen LogP) is 4.04. The fraction of sp³-hybridized carbons (Fsp3) is 0.600. The first-order valence-corrected chi connectivity index (χ1v) is 6.07. The summed E-state index contributed by atoms with van der Waals surface area (Å²) < 4.78 is 0. The van der Waals surface area contributed by atoms with Crippen LogP contribution in [0.25, 0.3) is 0 Å². The lowest BCUT2D eigenvalue weighted by Crippen LogP contribution is -2.16. The summed E-state index contributed by atoms with van der Waals surface area (Å²) in [6, 6.07) is 4.25. The molecular formula is C15H24O. The summed E-state index contributed by atoms with van der Waals surface area (Å²) >= 11 is 0. The Morgan fingerprint density at radius 2 is 1.56 bits per heavy atom. The average molecular weight is 220 g/mol. The highest BCUT2D eigenvalue weighted by atomic mass is 16.3. The molecule has 16 heavy (non-hydrogen) atoms. The molecule has 0 spiro atoms. The van der Waals surface area contributed by atoms with Crippen molar-refractivity contribution in [2.75, 3.05) is 0 Å². The van der Waals surface area contributed by atoms with Crippen molar-refractivity contribution in [3.05, 3.63) is 34.4 Å². The van der Waals surface area contributed by atoms with Crippen LogP contribution >= 0.6 is 0 Å². The Balaban J connectivity index is 3.28. The van der Waals surface area contributed by atoms with Crippen molar-refractivity contribution in [3.63, 3.8) is 0 Å². The molecule has 0 fully saturated rings. The van der Waals surface area contributed by atoms with Crippen molar-refractivity contribution in [2.24, 2.45) is 0 Å². The topological polar surface area (TPSA) is 20.2 Å². The van der Waals surface area contributed by atoms with Crippen LogP contribution in [0.5, 0.6) is 0 Å². The average Bonchev–Trinajstić information content (AvgIpc) is 2.13. The van der Waals surface area contributed by atoms with Crippen LogP contribution in [-0.4, -0.2) is 5.11 Å². The summed E-state index contributed by atoms with van der Waals surface area (Å²) in [4.78, 5) is 0. The van der Waals surface area contributed by atoms with Crippen LogP contribution in [0.4, 0.5) is 0 Å². The summed E-state index contributed by atoms with van der Waals surface area (Å²) in [5, 5.41) is 9.87. The number of hydrogen-bond acceptors (Lipinski definition) is 1. The highest BCUT2D eigenvalue weighted by Crippen LogP contribution is 2.31. The normalized spacial score (nSPS) is 13.9. The van der Waals surface area contributed by atoms with Crippen LogP contribution in [0.1, 0.15) is 62.5 Å². The first kappa shape index (κ1) is 13.2. The molecule has 0 amide bonds. The van der Waals surface area contributed by atoms with E-state index in [2.05, 4.69) is 46.8 Å². The largest absolute Gasteiger partial charge is 0.388 e. The van der Waals surface area contributed by atoms with Gasteiger partial charge in [0.1, 0.15) is 0 Å². The molecule has 1 heteroatoms. The fourth-order valence-electron chi connectivity index (χ4n) is 2.61. The van der Waals surface area contributed by atoms with Gasteiger partial charge in [0.15, 0.2) is 0 Å². The molecule has 0 saturated carbocycles. The molecule has 0 heterocycles.